The van der Waals surface area contributed by atoms with Gasteiger partial charge < -0.3 is 4.57 Å². The maximum absolute atomic E-state index is 6.11. The molecule has 2 nitrogen and oxygen atoms in total. The summed E-state index contributed by atoms with van der Waals surface area (Å²) in [6, 6.07) is 41.4. The third-order valence-corrected chi connectivity index (χ3v) is 9.41. The van der Waals surface area contributed by atoms with Crippen LogP contribution in [-0.2, 0) is 0 Å². The van der Waals surface area contributed by atoms with E-state index in [1.165, 1.54) is 21.5 Å². The van der Waals surface area contributed by atoms with Gasteiger partial charge in [-0.3, -0.25) is 4.98 Å². The third kappa shape index (κ3) is 4.78. The van der Waals surface area contributed by atoms with Gasteiger partial charge in [0, 0.05) is 56.3 Å². The molecule has 0 radical (unpaired) electrons. The highest BCUT2D eigenvalue weighted by Crippen LogP contribution is 2.43. The number of hydrogen-bond donors (Lipinski definition) is 0. The molecule has 2 heterocycles. The Morgan fingerprint density at radius 1 is 0.740 bits per heavy atom. The minimum absolute atomic E-state index is 0.748. The lowest BCUT2D eigenvalue weighted by molar-refractivity contribution is 1.04. The molecule has 0 N–H and O–H groups in total. The van der Waals surface area contributed by atoms with E-state index in [-0.39, 0.29) is 0 Å². The zero-order valence-electron chi connectivity index (χ0n) is 27.5. The fourth-order valence-electron chi connectivity index (χ4n) is 7.26. The second-order valence-corrected chi connectivity index (χ2v) is 12.1. The highest BCUT2D eigenvalue weighted by molar-refractivity contribution is 6.27. The van der Waals surface area contributed by atoms with Crippen LogP contribution in [0.15, 0.2) is 128 Å². The maximum atomic E-state index is 6.11. The van der Waals surface area contributed by atoms with Crippen molar-refractivity contribution >= 4 is 50.5 Å². The van der Waals surface area contributed by atoms with Gasteiger partial charge in [0.1, 0.15) is 5.69 Å². The van der Waals surface area contributed by atoms with Crippen LogP contribution in [0.25, 0.3) is 89.6 Å². The summed E-state index contributed by atoms with van der Waals surface area (Å²) in [6.07, 6.45) is 24.9. The van der Waals surface area contributed by atoms with Crippen molar-refractivity contribution in [3.8, 4) is 63.8 Å². The van der Waals surface area contributed by atoms with Crippen molar-refractivity contribution < 1.29 is 0 Å². The molecule has 0 saturated carbocycles. The van der Waals surface area contributed by atoms with Crippen LogP contribution in [0.3, 0.4) is 0 Å². The van der Waals surface area contributed by atoms with E-state index in [0.717, 1.165) is 72.4 Å². The minimum atomic E-state index is 0.748. The first kappa shape index (κ1) is 30.3. The van der Waals surface area contributed by atoms with Gasteiger partial charge >= 0.3 is 0 Å². The average molecular weight is 635 g/mol. The Hall–Kier alpha value is -7.05. The molecule has 0 saturated heterocycles. The van der Waals surface area contributed by atoms with Crippen molar-refractivity contribution in [3.63, 3.8) is 0 Å². The van der Waals surface area contributed by atoms with Crippen molar-refractivity contribution in [2.75, 3.05) is 0 Å². The molecule has 0 aliphatic carbocycles. The number of aromatic nitrogens is 2. The van der Waals surface area contributed by atoms with Crippen molar-refractivity contribution in [3.05, 3.63) is 163 Å². The molecule has 0 aliphatic rings. The molecule has 0 fully saturated rings. The summed E-state index contributed by atoms with van der Waals surface area (Å²) in [4.78, 5) is 4.39. The van der Waals surface area contributed by atoms with Gasteiger partial charge in [-0.2, -0.15) is 0 Å². The Labute approximate surface area is 292 Å². The van der Waals surface area contributed by atoms with Crippen LogP contribution in [0.1, 0.15) is 29.4 Å². The number of rotatable bonds is 7. The molecular formula is C48H30N2. The van der Waals surface area contributed by atoms with Crippen molar-refractivity contribution in [2.45, 2.75) is 6.92 Å². The Bertz CT molecular complexity index is 2720. The molecule has 0 bridgehead atoms. The molecule has 0 amide bonds. The molecule has 2 heteroatoms. The number of terminal acetylenes is 2. The van der Waals surface area contributed by atoms with Crippen LogP contribution in [0.2, 0.25) is 0 Å². The van der Waals surface area contributed by atoms with E-state index >= 15 is 0 Å². The van der Waals surface area contributed by atoms with Gasteiger partial charge in [-0.1, -0.05) is 122 Å². The van der Waals surface area contributed by atoms with E-state index in [0.29, 0.717) is 0 Å². The molecule has 2 aromatic heterocycles. The van der Waals surface area contributed by atoms with E-state index in [1.54, 1.807) is 12.3 Å². The minimum Gasteiger partial charge on any atom is -0.302 e. The largest absolute Gasteiger partial charge is 0.302 e. The van der Waals surface area contributed by atoms with Gasteiger partial charge in [0.25, 0.3) is 0 Å². The Morgan fingerprint density at radius 3 is 2.28 bits per heavy atom. The molecule has 6 aromatic carbocycles. The summed E-state index contributed by atoms with van der Waals surface area (Å²) in [5.74, 6) is 5.53. The van der Waals surface area contributed by atoms with Crippen LogP contribution < -0.4 is 0 Å². The number of nitrogens with zero attached hydrogens (tertiary/aromatic N) is 2. The standard InChI is InChI=1S/C48H30N2/c1-5-9-17-46-37(7-3)42(13-6-2)45(8-4)50(46)36-24-18-32(19-25-36)39-26-20-33-23-29-44-41(27-21-34-22-28-43(39)47(33)48(34)44)40-16-11-10-15-38(40)35-14-12-30-49-31-35/h1,4,6-7,9-22,24-28,30-31H,3H2,2H3/b13-6-,17-9-. The molecule has 8 rings (SSSR count). The summed E-state index contributed by atoms with van der Waals surface area (Å²) in [5, 5.41) is 6.82. The fourth-order valence-corrected chi connectivity index (χ4v) is 7.26. The molecular weight excluding hydrogens is 605 g/mol. The van der Waals surface area contributed by atoms with Crippen molar-refractivity contribution in [1.82, 2.24) is 9.55 Å². The summed E-state index contributed by atoms with van der Waals surface area (Å²) < 4.78 is 2.07. The van der Waals surface area contributed by atoms with Gasteiger partial charge in [0.05, 0.1) is 5.69 Å². The van der Waals surface area contributed by atoms with Gasteiger partial charge in [0.15, 0.2) is 0 Å². The zero-order chi connectivity index (χ0) is 34.2. The van der Waals surface area contributed by atoms with E-state index in [9.17, 15) is 0 Å². The normalized spacial score (nSPS) is 11.4. The van der Waals surface area contributed by atoms with Crippen LogP contribution in [0.5, 0.6) is 0 Å². The summed E-state index contributed by atoms with van der Waals surface area (Å²) >= 11 is 0. The van der Waals surface area contributed by atoms with E-state index < -0.39 is 0 Å². The fraction of sp³-hybridized carbons (Fsp3) is 0.0208. The first-order chi connectivity index (χ1) is 24.7. The number of hydrogen-bond acceptors (Lipinski definition) is 1. The first-order valence-electron chi connectivity index (χ1n) is 16.4. The van der Waals surface area contributed by atoms with E-state index in [1.807, 2.05) is 43.5 Å². The molecule has 8 aromatic rings. The molecule has 0 aliphatic heterocycles. The van der Waals surface area contributed by atoms with Crippen LogP contribution in [0.4, 0.5) is 0 Å². The lowest BCUT2D eigenvalue weighted by Crippen LogP contribution is -2.00. The first-order valence-corrected chi connectivity index (χ1v) is 16.4. The Morgan fingerprint density at radius 2 is 1.54 bits per heavy atom. The second kappa shape index (κ2) is 12.5. The monoisotopic (exact) mass is 634 g/mol. The lowest BCUT2D eigenvalue weighted by Gasteiger charge is -2.16. The van der Waals surface area contributed by atoms with Crippen LogP contribution >= 0.6 is 0 Å². The lowest BCUT2D eigenvalue weighted by atomic mass is 9.87. The Kier molecular flexibility index (Phi) is 7.59. The summed E-state index contributed by atoms with van der Waals surface area (Å²) in [6.45, 7) is 6.05. The highest BCUT2D eigenvalue weighted by Gasteiger charge is 2.20. The topological polar surface area (TPSA) is 17.8 Å². The zero-order valence-corrected chi connectivity index (χ0v) is 27.5. The molecule has 0 atom stereocenters. The van der Waals surface area contributed by atoms with Crippen molar-refractivity contribution in [1.29, 1.82) is 0 Å². The number of benzene rings is 5. The SMILES string of the molecule is C#C/C=C\c1c(C=C)c(/C=C\C)c(C#C)n1-c1ccc(-c2ccc3c#cc4c(-c5ccccc5-c5cccnc5)ccc5ccc2c3c54)cc1. The van der Waals surface area contributed by atoms with Crippen molar-refractivity contribution in [2.24, 2.45) is 0 Å². The van der Waals surface area contributed by atoms with E-state index in [4.69, 9.17) is 12.8 Å². The molecule has 50 heavy (non-hydrogen) atoms. The predicted octanol–water partition coefficient (Wildman–Crippen LogP) is 11.7. The quantitative estimate of drug-likeness (QED) is 0.126. The van der Waals surface area contributed by atoms with Crippen LogP contribution in [-0.4, -0.2) is 9.55 Å². The van der Waals surface area contributed by atoms with Crippen LogP contribution in [0, 0.1) is 36.8 Å². The van der Waals surface area contributed by atoms with Gasteiger partial charge in [-0.05, 0) is 81.9 Å². The third-order valence-electron chi connectivity index (χ3n) is 9.41. The van der Waals surface area contributed by atoms with Gasteiger partial charge in [0.2, 0.25) is 0 Å². The van der Waals surface area contributed by atoms with Gasteiger partial charge in [-0.15, -0.1) is 12.8 Å². The number of pyridine rings is 1. The average Bonchev–Trinajstić information content (AvgIpc) is 3.48. The number of allylic oxidation sites excluding steroid dienone is 2. The molecule has 232 valence electrons. The Balaban J connectivity index is 1.29. The second-order valence-electron chi connectivity index (χ2n) is 12.1. The summed E-state index contributed by atoms with van der Waals surface area (Å²) in [5.41, 5.74) is 11.2. The van der Waals surface area contributed by atoms with E-state index in [2.05, 4.69) is 131 Å². The summed E-state index contributed by atoms with van der Waals surface area (Å²) in [7, 11) is 0. The molecule has 0 unspecified atom stereocenters. The maximum Gasteiger partial charge on any atom is 0.105 e. The predicted molar refractivity (Wildman–Crippen MR) is 212 cm³/mol. The smallest absolute Gasteiger partial charge is 0.105 e. The van der Waals surface area contributed by atoms with Gasteiger partial charge in [-0.25, -0.2) is 0 Å². The highest BCUT2D eigenvalue weighted by atomic mass is 15.0. The molecule has 0 spiro atoms.